The highest BCUT2D eigenvalue weighted by atomic mass is 32.2. The molecule has 2 rings (SSSR count). The van der Waals surface area contributed by atoms with Crippen molar-refractivity contribution in [1.29, 1.82) is 0 Å². The van der Waals surface area contributed by atoms with Crippen molar-refractivity contribution in [3.05, 3.63) is 15.8 Å². The van der Waals surface area contributed by atoms with Crippen molar-refractivity contribution in [1.82, 2.24) is 9.62 Å². The molecule has 1 fully saturated rings. The predicted molar refractivity (Wildman–Crippen MR) is 79.8 cm³/mol. The van der Waals surface area contributed by atoms with Crippen molar-refractivity contribution in [2.45, 2.75) is 43.8 Å². The number of hydrogen-bond acceptors (Lipinski definition) is 4. The molecule has 2 heterocycles. The molecule has 1 aromatic heterocycles. The van der Waals surface area contributed by atoms with Crippen LogP contribution in [0.2, 0.25) is 0 Å². The Labute approximate surface area is 136 Å². The van der Waals surface area contributed by atoms with Crippen LogP contribution in [0, 0.1) is 13.8 Å². The second-order valence-electron chi connectivity index (χ2n) is 5.38. The highest BCUT2D eigenvalue weighted by Gasteiger charge is 2.41. The number of sulfonamides is 1. The number of rotatable bonds is 4. The molecule has 0 bridgehead atoms. The lowest BCUT2D eigenvalue weighted by atomic mass is 10.2. The Bertz CT molecular complexity index is 698. The first-order valence-corrected chi connectivity index (χ1v) is 9.21. The summed E-state index contributed by atoms with van der Waals surface area (Å²) in [5.74, 6) is -0.909. The van der Waals surface area contributed by atoms with Crippen molar-refractivity contribution in [3.63, 3.8) is 0 Å². The van der Waals surface area contributed by atoms with Gasteiger partial charge in [0.1, 0.15) is 12.6 Å². The Morgan fingerprint density at radius 1 is 1.43 bits per heavy atom. The molecule has 0 radical (unpaired) electrons. The van der Waals surface area contributed by atoms with E-state index in [9.17, 15) is 26.4 Å². The molecular weight excluding hydrogens is 353 g/mol. The zero-order valence-electron chi connectivity index (χ0n) is 12.6. The summed E-state index contributed by atoms with van der Waals surface area (Å²) < 4.78 is 63.1. The molecule has 0 spiro atoms. The number of amides is 1. The number of carbonyl (C=O) groups is 1. The van der Waals surface area contributed by atoms with Crippen LogP contribution in [0.15, 0.2) is 11.0 Å². The van der Waals surface area contributed by atoms with Gasteiger partial charge in [0, 0.05) is 16.3 Å². The van der Waals surface area contributed by atoms with E-state index in [0.717, 1.165) is 9.18 Å². The first-order chi connectivity index (χ1) is 10.5. The van der Waals surface area contributed by atoms with E-state index in [0.29, 0.717) is 11.3 Å². The SMILES string of the molecule is Cc1cc(S(=O)(=O)N2CCC[C@H]2C(=O)NCC(F)(F)F)c(C)s1. The third kappa shape index (κ3) is 4.04. The van der Waals surface area contributed by atoms with Crippen LogP contribution >= 0.6 is 11.3 Å². The number of thiophene rings is 1. The molecule has 0 aromatic carbocycles. The Morgan fingerprint density at radius 2 is 2.09 bits per heavy atom. The van der Waals surface area contributed by atoms with Gasteiger partial charge in [-0.25, -0.2) is 8.42 Å². The largest absolute Gasteiger partial charge is 0.405 e. The van der Waals surface area contributed by atoms with Crippen LogP contribution in [0.5, 0.6) is 0 Å². The van der Waals surface area contributed by atoms with Gasteiger partial charge in [-0.15, -0.1) is 11.3 Å². The summed E-state index contributed by atoms with van der Waals surface area (Å²) in [6.07, 6.45) is -3.88. The lowest BCUT2D eigenvalue weighted by Gasteiger charge is -2.23. The number of aryl methyl sites for hydroxylation is 2. The summed E-state index contributed by atoms with van der Waals surface area (Å²) in [5, 5.41) is 1.77. The van der Waals surface area contributed by atoms with E-state index < -0.39 is 34.7 Å². The number of alkyl halides is 3. The molecule has 0 aliphatic carbocycles. The van der Waals surface area contributed by atoms with Crippen LogP contribution in [0.1, 0.15) is 22.6 Å². The summed E-state index contributed by atoms with van der Waals surface area (Å²) in [6.45, 7) is 2.10. The minimum atomic E-state index is -4.53. The smallest absolute Gasteiger partial charge is 0.346 e. The van der Waals surface area contributed by atoms with E-state index in [1.165, 1.54) is 17.4 Å². The first-order valence-electron chi connectivity index (χ1n) is 6.96. The topological polar surface area (TPSA) is 66.5 Å². The standard InChI is InChI=1S/C13H17F3N2O3S2/c1-8-6-11(9(2)22-8)23(20,21)18-5-3-4-10(18)12(19)17-7-13(14,15)16/h6,10H,3-5,7H2,1-2H3,(H,17,19)/t10-/m0/s1. The minimum absolute atomic E-state index is 0.121. The summed E-state index contributed by atoms with van der Waals surface area (Å²) in [5.41, 5.74) is 0. The summed E-state index contributed by atoms with van der Waals surface area (Å²) in [4.78, 5) is 13.5. The Kier molecular flexibility index (Phi) is 5.07. The van der Waals surface area contributed by atoms with Gasteiger partial charge in [-0.05, 0) is 32.8 Å². The zero-order chi connectivity index (χ0) is 17.4. The molecule has 1 amide bonds. The van der Waals surface area contributed by atoms with Crippen LogP contribution in [0.3, 0.4) is 0 Å². The van der Waals surface area contributed by atoms with Gasteiger partial charge in [-0.2, -0.15) is 17.5 Å². The molecule has 0 unspecified atom stereocenters. The predicted octanol–water partition coefficient (Wildman–Crippen LogP) is 2.20. The van der Waals surface area contributed by atoms with Crippen molar-refractivity contribution in [3.8, 4) is 0 Å². The average Bonchev–Trinajstić information content (AvgIpc) is 3.02. The highest BCUT2D eigenvalue weighted by molar-refractivity contribution is 7.89. The molecule has 23 heavy (non-hydrogen) atoms. The minimum Gasteiger partial charge on any atom is -0.346 e. The van der Waals surface area contributed by atoms with Crippen molar-refractivity contribution in [2.75, 3.05) is 13.1 Å². The van der Waals surface area contributed by atoms with Crippen molar-refractivity contribution >= 4 is 27.3 Å². The third-order valence-corrected chi connectivity index (χ3v) is 6.68. The van der Waals surface area contributed by atoms with Gasteiger partial charge >= 0.3 is 6.18 Å². The van der Waals surface area contributed by atoms with E-state index in [1.54, 1.807) is 19.2 Å². The van der Waals surface area contributed by atoms with Crippen LogP contribution in [0.25, 0.3) is 0 Å². The van der Waals surface area contributed by atoms with E-state index >= 15 is 0 Å². The number of nitrogens with zero attached hydrogens (tertiary/aromatic N) is 1. The lowest BCUT2D eigenvalue weighted by molar-refractivity contribution is -0.140. The summed E-state index contributed by atoms with van der Waals surface area (Å²) >= 11 is 1.32. The number of hydrogen-bond donors (Lipinski definition) is 1. The van der Waals surface area contributed by atoms with Gasteiger partial charge < -0.3 is 5.32 Å². The van der Waals surface area contributed by atoms with Crippen LogP contribution in [-0.2, 0) is 14.8 Å². The van der Waals surface area contributed by atoms with Gasteiger partial charge in [0.15, 0.2) is 0 Å². The lowest BCUT2D eigenvalue weighted by Crippen LogP contribution is -2.47. The second kappa shape index (κ2) is 6.40. The van der Waals surface area contributed by atoms with E-state index in [1.807, 2.05) is 0 Å². The molecule has 1 N–H and O–H groups in total. The monoisotopic (exact) mass is 370 g/mol. The third-order valence-electron chi connectivity index (χ3n) is 3.55. The first kappa shape index (κ1) is 18.2. The van der Waals surface area contributed by atoms with Crippen molar-refractivity contribution < 1.29 is 26.4 Å². The summed E-state index contributed by atoms with van der Waals surface area (Å²) in [6, 6.07) is 0.431. The van der Waals surface area contributed by atoms with Crippen LogP contribution in [-0.4, -0.2) is 43.9 Å². The number of carbonyl (C=O) groups excluding carboxylic acids is 1. The normalized spacial score (nSPS) is 20.0. The van der Waals surface area contributed by atoms with Gasteiger partial charge in [0.25, 0.3) is 0 Å². The van der Waals surface area contributed by atoms with Gasteiger partial charge in [0.2, 0.25) is 15.9 Å². The maximum Gasteiger partial charge on any atom is 0.405 e. The number of nitrogens with one attached hydrogen (secondary N) is 1. The quantitative estimate of drug-likeness (QED) is 0.884. The van der Waals surface area contributed by atoms with Crippen LogP contribution in [0.4, 0.5) is 13.2 Å². The maximum absolute atomic E-state index is 12.7. The van der Waals surface area contributed by atoms with Gasteiger partial charge in [0.05, 0.1) is 4.90 Å². The maximum atomic E-state index is 12.7. The molecular formula is C13H17F3N2O3S2. The zero-order valence-corrected chi connectivity index (χ0v) is 14.2. The molecule has 1 atom stereocenters. The second-order valence-corrected chi connectivity index (χ2v) is 8.70. The Balaban J connectivity index is 2.21. The fraction of sp³-hybridized carbons (Fsp3) is 0.615. The molecule has 1 aromatic rings. The summed E-state index contributed by atoms with van der Waals surface area (Å²) in [7, 11) is -3.89. The fourth-order valence-electron chi connectivity index (χ4n) is 2.58. The number of halogens is 3. The van der Waals surface area contributed by atoms with Crippen LogP contribution < -0.4 is 5.32 Å². The molecule has 1 aliphatic rings. The van der Waals surface area contributed by atoms with E-state index in [4.69, 9.17) is 0 Å². The van der Waals surface area contributed by atoms with Gasteiger partial charge in [-0.3, -0.25) is 4.79 Å². The molecule has 5 nitrogen and oxygen atoms in total. The molecule has 0 saturated carbocycles. The molecule has 1 aliphatic heterocycles. The Hall–Kier alpha value is -1.13. The fourth-order valence-corrected chi connectivity index (χ4v) is 5.77. The molecule has 130 valence electrons. The average molecular weight is 370 g/mol. The van der Waals surface area contributed by atoms with E-state index in [2.05, 4.69) is 0 Å². The van der Waals surface area contributed by atoms with E-state index in [-0.39, 0.29) is 17.9 Å². The molecule has 10 heteroatoms. The Morgan fingerprint density at radius 3 is 2.61 bits per heavy atom. The highest BCUT2D eigenvalue weighted by Crippen LogP contribution is 2.32. The van der Waals surface area contributed by atoms with Crippen molar-refractivity contribution in [2.24, 2.45) is 0 Å². The van der Waals surface area contributed by atoms with Gasteiger partial charge in [-0.1, -0.05) is 0 Å². The molecule has 1 saturated heterocycles.